The lowest BCUT2D eigenvalue weighted by molar-refractivity contribution is -0.255. The molecule has 0 spiro atoms. The third kappa shape index (κ3) is 1.94. The van der Waals surface area contributed by atoms with Gasteiger partial charge >= 0.3 is 0 Å². The van der Waals surface area contributed by atoms with Gasteiger partial charge in [-0.3, -0.25) is 0 Å². The lowest BCUT2D eigenvalue weighted by Crippen LogP contribution is -2.52. The summed E-state index contributed by atoms with van der Waals surface area (Å²) in [5.41, 5.74) is 0. The summed E-state index contributed by atoms with van der Waals surface area (Å²) in [6, 6.07) is 0. The van der Waals surface area contributed by atoms with Gasteiger partial charge in [-0.15, -0.1) is 0 Å². The maximum atomic E-state index is 9.43. The van der Waals surface area contributed by atoms with Crippen molar-refractivity contribution in [1.82, 2.24) is 0 Å². The number of hydrogen-bond acceptors (Lipinski definition) is 5. The Morgan fingerprint density at radius 1 is 1.50 bits per heavy atom. The summed E-state index contributed by atoms with van der Waals surface area (Å²) >= 11 is 0. The number of aliphatic hydroxyl groups excluding tert-OH is 3. The summed E-state index contributed by atoms with van der Waals surface area (Å²) in [5.74, 6) is 0. The number of aliphatic hydroxyl groups is 3. The zero-order valence-electron chi connectivity index (χ0n) is 6.88. The Morgan fingerprint density at radius 2 is 2.17 bits per heavy atom. The minimum atomic E-state index is -0.969. The highest BCUT2D eigenvalue weighted by atomic mass is 16.7. The van der Waals surface area contributed by atoms with Crippen molar-refractivity contribution >= 4 is 0 Å². The SMILES string of the molecule is C[C@H](O)[C@@H]1OCO[C@H](CO)[C@@H]1O. The van der Waals surface area contributed by atoms with Crippen LogP contribution in [-0.2, 0) is 9.47 Å². The molecule has 0 bridgehead atoms. The topological polar surface area (TPSA) is 79.2 Å². The number of ether oxygens (including phenoxy) is 2. The first kappa shape index (κ1) is 9.88. The Hall–Kier alpha value is -0.200. The van der Waals surface area contributed by atoms with E-state index in [4.69, 9.17) is 19.7 Å². The molecule has 0 aromatic heterocycles. The molecular weight excluding hydrogens is 164 g/mol. The van der Waals surface area contributed by atoms with E-state index in [1.54, 1.807) is 0 Å². The average molecular weight is 178 g/mol. The van der Waals surface area contributed by atoms with E-state index >= 15 is 0 Å². The smallest absolute Gasteiger partial charge is 0.147 e. The van der Waals surface area contributed by atoms with Crippen molar-refractivity contribution in [3.63, 3.8) is 0 Å². The molecule has 0 aromatic carbocycles. The molecule has 1 saturated heterocycles. The highest BCUT2D eigenvalue weighted by molar-refractivity contribution is 4.82. The average Bonchev–Trinajstić information content (AvgIpc) is 2.04. The van der Waals surface area contributed by atoms with Crippen molar-refractivity contribution < 1.29 is 24.8 Å². The van der Waals surface area contributed by atoms with E-state index in [1.165, 1.54) is 6.92 Å². The van der Waals surface area contributed by atoms with Crippen LogP contribution in [-0.4, -0.2) is 53.1 Å². The van der Waals surface area contributed by atoms with Crippen molar-refractivity contribution in [2.24, 2.45) is 0 Å². The lowest BCUT2D eigenvalue weighted by atomic mass is 10.0. The molecule has 0 aliphatic carbocycles. The van der Waals surface area contributed by atoms with Crippen LogP contribution in [0.15, 0.2) is 0 Å². The Balaban J connectivity index is 2.53. The van der Waals surface area contributed by atoms with Crippen LogP contribution in [0.25, 0.3) is 0 Å². The molecule has 5 heteroatoms. The first-order valence-electron chi connectivity index (χ1n) is 3.87. The fourth-order valence-corrected chi connectivity index (χ4v) is 1.20. The number of hydrogen-bond donors (Lipinski definition) is 3. The van der Waals surface area contributed by atoms with E-state index in [-0.39, 0.29) is 13.4 Å². The highest BCUT2D eigenvalue weighted by Gasteiger charge is 2.35. The maximum Gasteiger partial charge on any atom is 0.147 e. The second-order valence-electron chi connectivity index (χ2n) is 2.87. The summed E-state index contributed by atoms with van der Waals surface area (Å²) in [6.45, 7) is 1.25. The molecule has 3 N–H and O–H groups in total. The van der Waals surface area contributed by atoms with Gasteiger partial charge in [-0.1, -0.05) is 0 Å². The molecular formula is C7H14O5. The lowest BCUT2D eigenvalue weighted by Gasteiger charge is -2.35. The van der Waals surface area contributed by atoms with Gasteiger partial charge in [0.05, 0.1) is 12.7 Å². The van der Waals surface area contributed by atoms with Gasteiger partial charge in [0.2, 0.25) is 0 Å². The highest BCUT2D eigenvalue weighted by Crippen LogP contribution is 2.16. The molecule has 1 fully saturated rings. The van der Waals surface area contributed by atoms with Gasteiger partial charge in [0.25, 0.3) is 0 Å². The number of rotatable bonds is 2. The van der Waals surface area contributed by atoms with Crippen molar-refractivity contribution in [2.75, 3.05) is 13.4 Å². The van der Waals surface area contributed by atoms with Crippen molar-refractivity contribution in [2.45, 2.75) is 31.3 Å². The zero-order chi connectivity index (χ0) is 9.14. The van der Waals surface area contributed by atoms with Crippen LogP contribution < -0.4 is 0 Å². The molecule has 4 atom stereocenters. The molecule has 1 rings (SSSR count). The van der Waals surface area contributed by atoms with E-state index < -0.39 is 24.4 Å². The Bertz CT molecular complexity index is 138. The van der Waals surface area contributed by atoms with E-state index in [2.05, 4.69) is 0 Å². The minimum absolute atomic E-state index is 0.00213. The van der Waals surface area contributed by atoms with Gasteiger partial charge in [-0.05, 0) is 6.92 Å². The fourth-order valence-electron chi connectivity index (χ4n) is 1.20. The molecule has 72 valence electrons. The summed E-state index contributed by atoms with van der Waals surface area (Å²) < 4.78 is 9.84. The van der Waals surface area contributed by atoms with Crippen LogP contribution in [0, 0.1) is 0 Å². The molecule has 1 aliphatic heterocycles. The van der Waals surface area contributed by atoms with Gasteiger partial charge < -0.3 is 24.8 Å². The van der Waals surface area contributed by atoms with E-state index in [0.717, 1.165) is 0 Å². The van der Waals surface area contributed by atoms with E-state index in [9.17, 15) is 5.11 Å². The second-order valence-corrected chi connectivity index (χ2v) is 2.87. The van der Waals surface area contributed by atoms with Crippen LogP contribution in [0.5, 0.6) is 0 Å². The van der Waals surface area contributed by atoms with Gasteiger partial charge in [0.15, 0.2) is 0 Å². The predicted octanol–water partition coefficient (Wildman–Crippen LogP) is -1.54. The fraction of sp³-hybridized carbons (Fsp3) is 1.00. The first-order chi connectivity index (χ1) is 5.66. The van der Waals surface area contributed by atoms with Crippen LogP contribution in [0.3, 0.4) is 0 Å². The Labute approximate surface area is 70.5 Å². The monoisotopic (exact) mass is 178 g/mol. The summed E-state index contributed by atoms with van der Waals surface area (Å²) in [6.07, 6.45) is -3.06. The van der Waals surface area contributed by atoms with Crippen molar-refractivity contribution in [1.29, 1.82) is 0 Å². The summed E-state index contributed by atoms with van der Waals surface area (Å²) in [7, 11) is 0. The largest absolute Gasteiger partial charge is 0.394 e. The van der Waals surface area contributed by atoms with Gasteiger partial charge in [-0.25, -0.2) is 0 Å². The van der Waals surface area contributed by atoms with E-state index in [0.29, 0.717) is 0 Å². The standard InChI is InChI=1S/C7H14O5/c1-4(9)7-6(10)5(2-8)11-3-12-7/h4-10H,2-3H2,1H3/t4-,5+,6-,7-/m0/s1. The molecule has 0 aromatic rings. The Kier molecular flexibility index (Phi) is 3.42. The molecule has 5 nitrogen and oxygen atoms in total. The third-order valence-corrected chi connectivity index (χ3v) is 1.92. The van der Waals surface area contributed by atoms with Crippen LogP contribution in [0.4, 0.5) is 0 Å². The molecule has 0 saturated carbocycles. The van der Waals surface area contributed by atoms with Gasteiger partial charge in [0, 0.05) is 0 Å². The van der Waals surface area contributed by atoms with Crippen molar-refractivity contribution in [3.8, 4) is 0 Å². The predicted molar refractivity (Wildman–Crippen MR) is 39.4 cm³/mol. The maximum absolute atomic E-state index is 9.43. The third-order valence-electron chi connectivity index (χ3n) is 1.92. The van der Waals surface area contributed by atoms with Crippen LogP contribution in [0.1, 0.15) is 6.92 Å². The first-order valence-corrected chi connectivity index (χ1v) is 3.87. The van der Waals surface area contributed by atoms with Crippen LogP contribution in [0.2, 0.25) is 0 Å². The molecule has 0 amide bonds. The molecule has 1 aliphatic rings. The van der Waals surface area contributed by atoms with Crippen molar-refractivity contribution in [3.05, 3.63) is 0 Å². The molecule has 0 unspecified atom stereocenters. The summed E-state index contributed by atoms with van der Waals surface area (Å²) in [5, 5.41) is 27.3. The van der Waals surface area contributed by atoms with E-state index in [1.807, 2.05) is 0 Å². The van der Waals surface area contributed by atoms with Gasteiger partial charge in [-0.2, -0.15) is 0 Å². The molecule has 1 heterocycles. The zero-order valence-corrected chi connectivity index (χ0v) is 6.88. The Morgan fingerprint density at radius 3 is 2.67 bits per heavy atom. The molecule has 0 radical (unpaired) electrons. The normalized spacial score (nSPS) is 39.5. The minimum Gasteiger partial charge on any atom is -0.394 e. The van der Waals surface area contributed by atoms with Gasteiger partial charge in [0.1, 0.15) is 25.1 Å². The van der Waals surface area contributed by atoms with Crippen LogP contribution >= 0.6 is 0 Å². The summed E-state index contributed by atoms with van der Waals surface area (Å²) in [4.78, 5) is 0. The molecule has 12 heavy (non-hydrogen) atoms. The quantitative estimate of drug-likeness (QED) is 0.477. The second kappa shape index (κ2) is 4.15.